The summed E-state index contributed by atoms with van der Waals surface area (Å²) >= 11 is 0. The first-order valence-corrected chi connectivity index (χ1v) is 11.2. The Balaban J connectivity index is 1.35. The van der Waals surface area contributed by atoms with Crippen LogP contribution in [0.4, 0.5) is 16.4 Å². The van der Waals surface area contributed by atoms with E-state index in [1.165, 1.54) is 0 Å². The van der Waals surface area contributed by atoms with Gasteiger partial charge in [0, 0.05) is 50.8 Å². The Bertz CT molecular complexity index is 840. The molecule has 1 aliphatic heterocycles. The van der Waals surface area contributed by atoms with Gasteiger partial charge < -0.3 is 20.9 Å². The quantitative estimate of drug-likeness (QED) is 0.516. The van der Waals surface area contributed by atoms with Gasteiger partial charge in [0.05, 0.1) is 0 Å². The van der Waals surface area contributed by atoms with Crippen molar-refractivity contribution in [1.29, 1.82) is 0 Å². The smallest absolute Gasteiger partial charge is 0.319 e. The van der Waals surface area contributed by atoms with Crippen LogP contribution < -0.4 is 20.9 Å². The number of rotatable bonds is 9. The number of carbonyl (C=O) groups is 2. The number of nitrogens with zero attached hydrogens (tertiary/aromatic N) is 4. The van der Waals surface area contributed by atoms with Crippen LogP contribution in [0.5, 0.6) is 0 Å². The van der Waals surface area contributed by atoms with E-state index < -0.39 is 6.04 Å². The third-order valence-electron chi connectivity index (χ3n) is 5.43. The molecule has 0 aliphatic carbocycles. The second-order valence-corrected chi connectivity index (χ2v) is 8.21. The summed E-state index contributed by atoms with van der Waals surface area (Å²) in [7, 11) is 0. The molecule has 1 aromatic carbocycles. The van der Waals surface area contributed by atoms with Crippen LogP contribution in [0, 0.1) is 5.92 Å². The van der Waals surface area contributed by atoms with E-state index in [0.29, 0.717) is 12.2 Å². The maximum absolute atomic E-state index is 12.6. The predicted molar refractivity (Wildman–Crippen MR) is 126 cm³/mol. The van der Waals surface area contributed by atoms with Gasteiger partial charge in [-0.15, -0.1) is 0 Å². The zero-order valence-electron chi connectivity index (χ0n) is 18.8. The summed E-state index contributed by atoms with van der Waals surface area (Å²) in [5.74, 6) is 0.599. The molecule has 1 fully saturated rings. The summed E-state index contributed by atoms with van der Waals surface area (Å²) in [4.78, 5) is 38.1. The summed E-state index contributed by atoms with van der Waals surface area (Å²) in [6.07, 6.45) is 4.39. The molecule has 172 valence electrons. The minimum absolute atomic E-state index is 0.0233. The molecule has 3 amide bonds. The monoisotopic (exact) mass is 439 g/mol. The van der Waals surface area contributed by atoms with E-state index in [9.17, 15) is 9.59 Å². The van der Waals surface area contributed by atoms with Crippen LogP contribution >= 0.6 is 0 Å². The molecule has 9 heteroatoms. The molecule has 1 unspecified atom stereocenters. The maximum Gasteiger partial charge on any atom is 0.319 e. The molecule has 3 N–H and O–H groups in total. The van der Waals surface area contributed by atoms with Gasteiger partial charge in [-0.25, -0.2) is 14.8 Å². The standard InChI is InChI=1S/C23H33N7O2/c1-18(2)20(28-23(32)27-19-8-4-3-5-9-19)21(31)24-12-7-13-29-14-16-30(17-15-29)22-25-10-6-11-26-22/h3-6,8-11,18,20H,7,12-17H2,1-2H3,(H,24,31)(H2,27,28,32). The molecule has 9 nitrogen and oxygen atoms in total. The Hall–Kier alpha value is -3.20. The number of amides is 3. The molecule has 0 radical (unpaired) electrons. The van der Waals surface area contributed by atoms with Crippen LogP contribution in [0.2, 0.25) is 0 Å². The average Bonchev–Trinajstić information content (AvgIpc) is 2.81. The van der Waals surface area contributed by atoms with Crippen LogP contribution in [0.3, 0.4) is 0 Å². The lowest BCUT2D eigenvalue weighted by Gasteiger charge is -2.34. The molecule has 0 saturated carbocycles. The van der Waals surface area contributed by atoms with Gasteiger partial charge in [0.25, 0.3) is 0 Å². The number of nitrogens with one attached hydrogen (secondary N) is 3. The third kappa shape index (κ3) is 7.19. The van der Waals surface area contributed by atoms with Crippen molar-refractivity contribution < 1.29 is 9.59 Å². The summed E-state index contributed by atoms with van der Waals surface area (Å²) in [6, 6.07) is 10.0. The lowest BCUT2D eigenvalue weighted by Crippen LogP contribution is -2.51. The number of urea groups is 1. The molecule has 2 aromatic rings. The van der Waals surface area contributed by atoms with Crippen LogP contribution in [-0.2, 0) is 4.79 Å². The molecule has 0 spiro atoms. The minimum Gasteiger partial charge on any atom is -0.354 e. The van der Waals surface area contributed by atoms with E-state index in [0.717, 1.165) is 45.1 Å². The largest absolute Gasteiger partial charge is 0.354 e. The first-order valence-electron chi connectivity index (χ1n) is 11.2. The van der Waals surface area contributed by atoms with Crippen molar-refractivity contribution in [3.05, 3.63) is 48.8 Å². The van der Waals surface area contributed by atoms with Gasteiger partial charge in [0.1, 0.15) is 6.04 Å². The van der Waals surface area contributed by atoms with Crippen molar-refractivity contribution >= 4 is 23.6 Å². The van der Waals surface area contributed by atoms with Gasteiger partial charge >= 0.3 is 6.03 Å². The Morgan fingerprint density at radius 1 is 1.00 bits per heavy atom. The fourth-order valence-electron chi connectivity index (χ4n) is 3.62. The van der Waals surface area contributed by atoms with Crippen molar-refractivity contribution in [2.24, 2.45) is 5.92 Å². The zero-order valence-corrected chi connectivity index (χ0v) is 18.8. The highest BCUT2D eigenvalue weighted by molar-refractivity contribution is 5.93. The van der Waals surface area contributed by atoms with E-state index in [4.69, 9.17) is 0 Å². The second kappa shape index (κ2) is 12.0. The minimum atomic E-state index is -0.590. The van der Waals surface area contributed by atoms with Gasteiger partial charge in [0.2, 0.25) is 11.9 Å². The van der Waals surface area contributed by atoms with Crippen LogP contribution in [0.25, 0.3) is 0 Å². The van der Waals surface area contributed by atoms with Crippen molar-refractivity contribution in [2.45, 2.75) is 26.3 Å². The van der Waals surface area contributed by atoms with Crippen molar-refractivity contribution in [1.82, 2.24) is 25.5 Å². The highest BCUT2D eigenvalue weighted by Crippen LogP contribution is 2.10. The van der Waals surface area contributed by atoms with Gasteiger partial charge in [-0.1, -0.05) is 32.0 Å². The summed E-state index contributed by atoms with van der Waals surface area (Å²) < 4.78 is 0. The molecule has 32 heavy (non-hydrogen) atoms. The number of aromatic nitrogens is 2. The number of anilines is 2. The van der Waals surface area contributed by atoms with Gasteiger partial charge in [-0.2, -0.15) is 0 Å². The van der Waals surface area contributed by atoms with Gasteiger partial charge in [-0.05, 0) is 37.1 Å². The van der Waals surface area contributed by atoms with Crippen molar-refractivity contribution in [3.8, 4) is 0 Å². The number of hydrogen-bond donors (Lipinski definition) is 3. The first kappa shape index (κ1) is 23.5. The first-order chi connectivity index (χ1) is 15.5. The van der Waals surface area contributed by atoms with E-state index in [1.54, 1.807) is 24.5 Å². The van der Waals surface area contributed by atoms with Gasteiger partial charge in [-0.3, -0.25) is 9.69 Å². The number of piperazine rings is 1. The molecule has 1 saturated heterocycles. The molecule has 1 aromatic heterocycles. The van der Waals surface area contributed by atoms with Gasteiger partial charge in [0.15, 0.2) is 0 Å². The third-order valence-corrected chi connectivity index (χ3v) is 5.43. The normalized spacial score (nSPS) is 15.3. The summed E-state index contributed by atoms with van der Waals surface area (Å²) in [5, 5.41) is 8.51. The van der Waals surface area contributed by atoms with E-state index >= 15 is 0 Å². The molecule has 3 rings (SSSR count). The maximum atomic E-state index is 12.6. The van der Waals surface area contributed by atoms with E-state index in [1.807, 2.05) is 38.1 Å². The van der Waals surface area contributed by atoms with Crippen LogP contribution in [-0.4, -0.2) is 72.1 Å². The molecular formula is C23H33N7O2. The van der Waals surface area contributed by atoms with Crippen molar-refractivity contribution in [3.63, 3.8) is 0 Å². The van der Waals surface area contributed by atoms with E-state index in [-0.39, 0.29) is 17.9 Å². The number of hydrogen-bond acceptors (Lipinski definition) is 6. The Morgan fingerprint density at radius 2 is 1.69 bits per heavy atom. The highest BCUT2D eigenvalue weighted by atomic mass is 16.2. The fraction of sp³-hybridized carbons (Fsp3) is 0.478. The molecule has 0 bridgehead atoms. The summed E-state index contributed by atoms with van der Waals surface area (Å²) in [5.41, 5.74) is 0.687. The van der Waals surface area contributed by atoms with Crippen LogP contribution in [0.15, 0.2) is 48.8 Å². The average molecular weight is 440 g/mol. The Kier molecular flexibility index (Phi) is 8.79. The number of para-hydroxylation sites is 1. The molecule has 1 aliphatic rings. The molecule has 1 atom stereocenters. The van der Waals surface area contributed by atoms with Crippen molar-refractivity contribution in [2.75, 3.05) is 49.5 Å². The second-order valence-electron chi connectivity index (χ2n) is 8.21. The lowest BCUT2D eigenvalue weighted by atomic mass is 10.0. The summed E-state index contributed by atoms with van der Waals surface area (Å²) in [6.45, 7) is 9.01. The highest BCUT2D eigenvalue weighted by Gasteiger charge is 2.24. The Morgan fingerprint density at radius 3 is 2.34 bits per heavy atom. The fourth-order valence-corrected chi connectivity index (χ4v) is 3.62. The SMILES string of the molecule is CC(C)C(NC(=O)Nc1ccccc1)C(=O)NCCCN1CCN(c2ncccn2)CC1. The number of benzene rings is 1. The topological polar surface area (TPSA) is 102 Å². The Labute approximate surface area is 189 Å². The lowest BCUT2D eigenvalue weighted by molar-refractivity contribution is -0.123. The zero-order chi connectivity index (χ0) is 22.8. The van der Waals surface area contributed by atoms with Crippen LogP contribution in [0.1, 0.15) is 20.3 Å². The molecule has 2 heterocycles. The molecular weight excluding hydrogens is 406 g/mol. The predicted octanol–water partition coefficient (Wildman–Crippen LogP) is 1.95. The van der Waals surface area contributed by atoms with E-state index in [2.05, 4.69) is 35.7 Å². The number of carbonyl (C=O) groups excluding carboxylic acids is 2.